The Kier molecular flexibility index (Phi) is 18.9. The monoisotopic (exact) mass is 269 g/mol. The van der Waals surface area contributed by atoms with Crippen molar-refractivity contribution in [2.75, 3.05) is 6.54 Å². The first-order valence-electron chi connectivity index (χ1n) is 6.40. The zero-order valence-corrected chi connectivity index (χ0v) is 11.1. The lowest BCUT2D eigenvalue weighted by Crippen LogP contribution is -1.93. The van der Waals surface area contributed by atoms with Crippen LogP contribution in [0.5, 0.6) is 0 Å². The number of unbranched alkanes of at least 4 members (excludes halogenated alkanes) is 7. The van der Waals surface area contributed by atoms with Crippen molar-refractivity contribution in [3.8, 4) is 0 Å². The zero-order valence-electron chi connectivity index (χ0n) is 11.1. The van der Waals surface area contributed by atoms with Crippen molar-refractivity contribution in [1.29, 1.82) is 0 Å². The van der Waals surface area contributed by atoms with E-state index in [4.69, 9.17) is 21.7 Å². The number of azide groups is 1. The summed E-state index contributed by atoms with van der Waals surface area (Å²) in [6, 6.07) is 0. The van der Waals surface area contributed by atoms with Gasteiger partial charge in [0.15, 0.2) is 0 Å². The second-order valence-electron chi connectivity index (χ2n) is 4.02. The second-order valence-corrected chi connectivity index (χ2v) is 4.02. The van der Waals surface area contributed by atoms with Gasteiger partial charge >= 0.3 is 5.97 Å². The predicted molar refractivity (Wildman–Crippen MR) is 73.3 cm³/mol. The number of hydrogen-bond donors (Lipinski definition) is 1. The number of carboxylic acids is 1. The molecule has 0 aromatic rings. The summed E-state index contributed by atoms with van der Waals surface area (Å²) in [7, 11) is 0. The van der Waals surface area contributed by atoms with Gasteiger partial charge in [0.05, 0.1) is 0 Å². The standard InChI is InChI=1S/C11H21N3O2.N3/c12-14-13-10-8-6-4-2-1-3-5-7-9-11(15)16;1-3-2/h1-10H2,(H,15,16);/q;-1. The highest BCUT2D eigenvalue weighted by molar-refractivity contribution is 5.66. The number of aliphatic carboxylic acids is 1. The molecule has 0 fully saturated rings. The molecule has 0 rings (SSSR count). The minimum Gasteiger partial charge on any atom is -0.481 e. The fraction of sp³-hybridized carbons (Fsp3) is 0.909. The molecule has 0 atom stereocenters. The maximum absolute atomic E-state index is 10.2. The minimum absolute atomic E-state index is 0.298. The topological polar surface area (TPSA) is 145 Å². The van der Waals surface area contributed by atoms with Gasteiger partial charge in [-0.2, -0.15) is 0 Å². The van der Waals surface area contributed by atoms with E-state index in [0.717, 1.165) is 32.1 Å². The third kappa shape index (κ3) is 26.0. The zero-order chi connectivity index (χ0) is 14.8. The summed E-state index contributed by atoms with van der Waals surface area (Å²) in [5, 5.41) is 11.9. The summed E-state index contributed by atoms with van der Waals surface area (Å²) in [6.07, 6.45) is 8.90. The molecule has 0 spiro atoms. The lowest BCUT2D eigenvalue weighted by atomic mass is 10.1. The number of hydrogen-bond acceptors (Lipinski definition) is 2. The highest BCUT2D eigenvalue weighted by atomic mass is 16.4. The van der Waals surface area contributed by atoms with E-state index in [1.807, 2.05) is 0 Å². The van der Waals surface area contributed by atoms with Crippen molar-refractivity contribution in [3.05, 3.63) is 26.4 Å². The summed E-state index contributed by atoms with van der Waals surface area (Å²) >= 11 is 0. The molecule has 0 aliphatic heterocycles. The molecule has 0 radical (unpaired) electrons. The Morgan fingerprint density at radius 2 is 1.32 bits per heavy atom. The first-order valence-corrected chi connectivity index (χ1v) is 6.40. The maximum atomic E-state index is 10.2. The quantitative estimate of drug-likeness (QED) is 0.249. The Bertz CT molecular complexity index is 286. The van der Waals surface area contributed by atoms with Crippen molar-refractivity contribution in [3.63, 3.8) is 0 Å². The summed E-state index contributed by atoms with van der Waals surface area (Å²) in [5.41, 5.74) is 21.5. The van der Waals surface area contributed by atoms with E-state index in [2.05, 4.69) is 10.0 Å². The van der Waals surface area contributed by atoms with E-state index >= 15 is 0 Å². The molecule has 0 aliphatic carbocycles. The Labute approximate surface area is 112 Å². The van der Waals surface area contributed by atoms with E-state index in [1.165, 1.54) is 24.2 Å². The molecule has 0 amide bonds. The van der Waals surface area contributed by atoms with Gasteiger partial charge in [0.1, 0.15) is 0 Å². The summed E-state index contributed by atoms with van der Waals surface area (Å²) in [6.45, 7) is 0.606. The van der Waals surface area contributed by atoms with Crippen LogP contribution < -0.4 is 0 Å². The van der Waals surface area contributed by atoms with Crippen molar-refractivity contribution >= 4 is 5.97 Å². The molecule has 108 valence electrons. The molecule has 0 aliphatic rings. The third-order valence-corrected chi connectivity index (χ3v) is 2.46. The van der Waals surface area contributed by atoms with Crippen molar-refractivity contribution < 1.29 is 9.90 Å². The molecule has 0 aromatic carbocycles. The number of nitrogens with zero attached hydrogens (tertiary/aromatic N) is 6. The van der Waals surface area contributed by atoms with Gasteiger partial charge in [-0.15, -0.1) is 0 Å². The molecule has 0 heterocycles. The molecule has 0 unspecified atom stereocenters. The van der Waals surface area contributed by atoms with Crippen molar-refractivity contribution in [2.24, 2.45) is 5.11 Å². The first-order chi connectivity index (χ1) is 9.18. The van der Waals surface area contributed by atoms with E-state index in [-0.39, 0.29) is 0 Å². The lowest BCUT2D eigenvalue weighted by molar-refractivity contribution is -0.137. The van der Waals surface area contributed by atoms with Gasteiger partial charge in [-0.05, 0) is 18.4 Å². The summed E-state index contributed by atoms with van der Waals surface area (Å²) < 4.78 is 0. The van der Waals surface area contributed by atoms with Crippen LogP contribution >= 0.6 is 0 Å². The Morgan fingerprint density at radius 1 is 0.895 bits per heavy atom. The van der Waals surface area contributed by atoms with Crippen LogP contribution in [0.2, 0.25) is 0 Å². The Hall–Kier alpha value is -1.91. The van der Waals surface area contributed by atoms with Crippen LogP contribution in [-0.2, 0) is 4.79 Å². The van der Waals surface area contributed by atoms with Gasteiger partial charge in [0.25, 0.3) is 0 Å². The molecule has 0 bridgehead atoms. The molecule has 0 saturated carbocycles. The second kappa shape index (κ2) is 18.5. The normalized spacial score (nSPS) is 8.63. The van der Waals surface area contributed by atoms with Crippen LogP contribution in [-0.4, -0.2) is 17.6 Å². The molecule has 19 heavy (non-hydrogen) atoms. The summed E-state index contributed by atoms with van der Waals surface area (Å²) in [4.78, 5) is 14.4. The Morgan fingerprint density at radius 3 is 1.74 bits per heavy atom. The van der Waals surface area contributed by atoms with Gasteiger partial charge in [0, 0.05) is 17.9 Å². The van der Waals surface area contributed by atoms with E-state index in [9.17, 15) is 4.79 Å². The highest BCUT2D eigenvalue weighted by Crippen LogP contribution is 2.09. The van der Waals surface area contributed by atoms with Crippen LogP contribution in [0.25, 0.3) is 26.4 Å². The predicted octanol–water partition coefficient (Wildman–Crippen LogP) is 4.76. The molecule has 8 heteroatoms. The maximum Gasteiger partial charge on any atom is 0.303 e. The number of carbonyl (C=O) groups is 1. The average molecular weight is 269 g/mol. The van der Waals surface area contributed by atoms with Crippen LogP contribution in [0, 0.1) is 0 Å². The van der Waals surface area contributed by atoms with Crippen molar-refractivity contribution in [1.82, 2.24) is 0 Å². The summed E-state index contributed by atoms with van der Waals surface area (Å²) in [5.74, 6) is -0.696. The van der Waals surface area contributed by atoms with E-state index < -0.39 is 5.97 Å². The SMILES string of the molecule is [N-]=[N+]=NCCCCCCCCCCC(=O)O.[N-]=[N+]=[N-]. The molecular weight excluding hydrogens is 248 g/mol. The van der Waals surface area contributed by atoms with Crippen molar-refractivity contribution in [2.45, 2.75) is 57.8 Å². The number of rotatable bonds is 11. The van der Waals surface area contributed by atoms with Gasteiger partial charge in [0.2, 0.25) is 0 Å². The molecule has 1 N–H and O–H groups in total. The third-order valence-electron chi connectivity index (χ3n) is 2.46. The van der Waals surface area contributed by atoms with Gasteiger partial charge < -0.3 is 16.2 Å². The van der Waals surface area contributed by atoms with Gasteiger partial charge in [-0.1, -0.05) is 43.6 Å². The molecule has 0 saturated heterocycles. The average Bonchev–Trinajstić information content (AvgIpc) is 2.36. The largest absolute Gasteiger partial charge is 0.481 e. The van der Waals surface area contributed by atoms with Gasteiger partial charge in [-0.25, -0.2) is 0 Å². The fourth-order valence-corrected chi connectivity index (χ4v) is 1.56. The van der Waals surface area contributed by atoms with Crippen LogP contribution in [0.3, 0.4) is 0 Å². The van der Waals surface area contributed by atoms with Crippen LogP contribution in [0.15, 0.2) is 5.11 Å². The van der Waals surface area contributed by atoms with E-state index in [0.29, 0.717) is 13.0 Å². The van der Waals surface area contributed by atoms with Gasteiger partial charge in [-0.3, -0.25) is 9.71 Å². The molecular formula is C11H21N6O2-. The fourth-order valence-electron chi connectivity index (χ4n) is 1.56. The van der Waals surface area contributed by atoms with Crippen LogP contribution in [0.4, 0.5) is 0 Å². The highest BCUT2D eigenvalue weighted by Gasteiger charge is 1.96. The minimum atomic E-state index is -0.696. The first kappa shape index (κ1) is 19.4. The smallest absolute Gasteiger partial charge is 0.303 e. The van der Waals surface area contributed by atoms with E-state index in [1.54, 1.807) is 0 Å². The lowest BCUT2D eigenvalue weighted by Gasteiger charge is -2.00. The molecule has 8 nitrogen and oxygen atoms in total. The van der Waals surface area contributed by atoms with Crippen LogP contribution in [0.1, 0.15) is 57.8 Å². The Balaban J connectivity index is 0. The molecule has 0 aromatic heterocycles. The number of carboxylic acid groups (broad SMARTS) is 1.